The van der Waals surface area contributed by atoms with Gasteiger partial charge in [-0.2, -0.15) is 0 Å². The molecule has 0 heterocycles. The average Bonchev–Trinajstić information content (AvgIpc) is 3.03. The maximum Gasteiger partial charge on any atom is 0.264 e. The predicted molar refractivity (Wildman–Crippen MR) is 176 cm³/mol. The van der Waals surface area contributed by atoms with E-state index in [-0.39, 0.29) is 23.8 Å². The molecule has 4 aromatic carbocycles. The lowest BCUT2D eigenvalue weighted by molar-refractivity contribution is -0.140. The second-order valence-corrected chi connectivity index (χ2v) is 13.0. The Morgan fingerprint density at radius 1 is 0.841 bits per heavy atom. The second kappa shape index (κ2) is 15.5. The van der Waals surface area contributed by atoms with Crippen LogP contribution < -0.4 is 9.62 Å². The van der Waals surface area contributed by atoms with Crippen LogP contribution in [0.3, 0.4) is 0 Å². The molecule has 1 atom stereocenters. The third kappa shape index (κ3) is 8.71. The summed E-state index contributed by atoms with van der Waals surface area (Å²) in [4.78, 5) is 29.7. The van der Waals surface area contributed by atoms with Gasteiger partial charge in [-0.1, -0.05) is 103 Å². The largest absolute Gasteiger partial charge is 0.354 e. The molecule has 0 aliphatic heterocycles. The van der Waals surface area contributed by atoms with Gasteiger partial charge in [-0.15, -0.1) is 0 Å². The molecule has 0 radical (unpaired) electrons. The monoisotopic (exact) mass is 631 g/mol. The average molecular weight is 632 g/mol. The quantitative estimate of drug-likeness (QED) is 0.163. The van der Waals surface area contributed by atoms with Gasteiger partial charge in [-0.3, -0.25) is 13.9 Å². The lowest BCUT2D eigenvalue weighted by atomic mass is 10.0. The molecule has 0 saturated heterocycles. The Kier molecular flexibility index (Phi) is 11.6. The summed E-state index contributed by atoms with van der Waals surface area (Å²) in [7, 11) is -4.13. The number of benzene rings is 4. The van der Waals surface area contributed by atoms with Gasteiger partial charge in [0.1, 0.15) is 12.6 Å². The number of hydrogen-bond donors (Lipinski definition) is 1. The van der Waals surface area contributed by atoms with Gasteiger partial charge in [-0.25, -0.2) is 8.42 Å². The molecule has 4 aromatic rings. The molecule has 0 saturated carbocycles. The van der Waals surface area contributed by atoms with Gasteiger partial charge in [-0.05, 0) is 60.9 Å². The molecular formula is C35H38ClN3O4S. The van der Waals surface area contributed by atoms with Gasteiger partial charge in [0.25, 0.3) is 10.0 Å². The third-order valence-corrected chi connectivity index (χ3v) is 9.30. The smallest absolute Gasteiger partial charge is 0.264 e. The van der Waals surface area contributed by atoms with Crippen LogP contribution in [0.4, 0.5) is 5.69 Å². The zero-order chi connectivity index (χ0) is 31.5. The van der Waals surface area contributed by atoms with Crippen LogP contribution in [0.1, 0.15) is 36.5 Å². The highest BCUT2D eigenvalue weighted by Crippen LogP contribution is 2.25. The number of carbonyl (C=O) groups excluding carboxylic acids is 2. The number of hydrogen-bond acceptors (Lipinski definition) is 4. The fraction of sp³-hybridized carbons (Fsp3) is 0.257. The Hall–Kier alpha value is -4.14. The molecule has 7 nitrogen and oxygen atoms in total. The van der Waals surface area contributed by atoms with Crippen molar-refractivity contribution in [2.45, 2.75) is 50.6 Å². The normalized spacial score (nSPS) is 11.9. The summed E-state index contributed by atoms with van der Waals surface area (Å²) in [6.45, 7) is 3.97. The number of nitrogens with zero attached hydrogens (tertiary/aromatic N) is 2. The minimum Gasteiger partial charge on any atom is -0.354 e. The van der Waals surface area contributed by atoms with Crippen molar-refractivity contribution in [3.05, 3.63) is 131 Å². The molecule has 0 bridgehead atoms. The van der Waals surface area contributed by atoms with Crippen LogP contribution >= 0.6 is 11.6 Å². The van der Waals surface area contributed by atoms with E-state index in [0.717, 1.165) is 33.8 Å². The zero-order valence-electron chi connectivity index (χ0n) is 25.0. The number of anilines is 1. The first-order valence-electron chi connectivity index (χ1n) is 14.7. The van der Waals surface area contributed by atoms with E-state index in [2.05, 4.69) is 5.32 Å². The van der Waals surface area contributed by atoms with E-state index in [0.29, 0.717) is 17.3 Å². The zero-order valence-corrected chi connectivity index (χ0v) is 26.6. The molecule has 9 heteroatoms. The van der Waals surface area contributed by atoms with E-state index >= 15 is 0 Å². The second-order valence-electron chi connectivity index (χ2n) is 10.7. The van der Waals surface area contributed by atoms with Gasteiger partial charge in [0, 0.05) is 24.5 Å². The van der Waals surface area contributed by atoms with Crippen molar-refractivity contribution in [1.29, 1.82) is 0 Å². The Morgan fingerprint density at radius 2 is 1.48 bits per heavy atom. The number of halogens is 1. The summed E-state index contributed by atoms with van der Waals surface area (Å²) < 4.78 is 29.1. The van der Waals surface area contributed by atoms with Gasteiger partial charge in [0.2, 0.25) is 11.8 Å². The number of amides is 2. The number of aryl methyl sites for hydroxylation is 1. The summed E-state index contributed by atoms with van der Waals surface area (Å²) in [5, 5.41) is 3.49. The summed E-state index contributed by atoms with van der Waals surface area (Å²) in [5.41, 5.74) is 2.89. The first kappa shape index (κ1) is 32.8. The van der Waals surface area contributed by atoms with Crippen molar-refractivity contribution in [3.63, 3.8) is 0 Å². The van der Waals surface area contributed by atoms with Crippen LogP contribution in [-0.4, -0.2) is 44.3 Å². The van der Waals surface area contributed by atoms with Crippen molar-refractivity contribution >= 4 is 39.1 Å². The third-order valence-electron chi connectivity index (χ3n) is 7.27. The van der Waals surface area contributed by atoms with Crippen molar-refractivity contribution in [3.8, 4) is 0 Å². The Labute approximate surface area is 265 Å². The highest BCUT2D eigenvalue weighted by molar-refractivity contribution is 7.92. The van der Waals surface area contributed by atoms with Crippen LogP contribution in [0.2, 0.25) is 5.02 Å². The molecular weight excluding hydrogens is 594 g/mol. The van der Waals surface area contributed by atoms with E-state index in [4.69, 9.17) is 11.6 Å². The number of nitrogens with one attached hydrogen (secondary N) is 1. The van der Waals surface area contributed by atoms with Gasteiger partial charge < -0.3 is 10.2 Å². The fourth-order valence-corrected chi connectivity index (χ4v) is 6.50. The highest BCUT2D eigenvalue weighted by atomic mass is 35.5. The maximum atomic E-state index is 14.4. The van der Waals surface area contributed by atoms with Crippen LogP contribution in [0.25, 0.3) is 0 Å². The molecule has 230 valence electrons. The molecule has 0 aliphatic rings. The van der Waals surface area contributed by atoms with Crippen molar-refractivity contribution < 1.29 is 18.0 Å². The van der Waals surface area contributed by atoms with Crippen molar-refractivity contribution in [2.75, 3.05) is 17.4 Å². The first-order valence-corrected chi connectivity index (χ1v) is 16.5. The van der Waals surface area contributed by atoms with Gasteiger partial charge in [0.15, 0.2) is 0 Å². The van der Waals surface area contributed by atoms with Crippen molar-refractivity contribution in [1.82, 2.24) is 10.2 Å². The maximum absolute atomic E-state index is 14.4. The molecule has 4 rings (SSSR count). The topological polar surface area (TPSA) is 86.8 Å². The van der Waals surface area contributed by atoms with Crippen molar-refractivity contribution in [2.24, 2.45) is 0 Å². The number of sulfonamides is 1. The number of rotatable bonds is 14. The van der Waals surface area contributed by atoms with E-state index in [9.17, 15) is 18.0 Å². The molecule has 2 amide bonds. The highest BCUT2D eigenvalue weighted by Gasteiger charge is 2.34. The predicted octanol–water partition coefficient (Wildman–Crippen LogP) is 6.40. The molecule has 1 N–H and O–H groups in total. The SMILES string of the molecule is CCCCNC(=O)[C@@H](Cc1ccccc1)N(Cc1cccc(Cl)c1)C(=O)CN(c1ccc(C)cc1)S(=O)(=O)c1ccccc1. The lowest BCUT2D eigenvalue weighted by Crippen LogP contribution is -2.53. The van der Waals surface area contributed by atoms with E-state index in [1.54, 1.807) is 60.7 Å². The number of unbranched alkanes of at least 4 members (excludes halogenated alkanes) is 1. The molecule has 0 unspecified atom stereocenters. The Bertz CT molecular complexity index is 1630. The standard InChI is InChI=1S/C35H38ClN3O4S/c1-3-4-22-37-35(41)33(24-28-12-7-5-8-13-28)38(25-29-14-11-15-30(36)23-29)34(40)26-39(31-20-18-27(2)19-21-31)44(42,43)32-16-9-6-10-17-32/h5-21,23,33H,3-4,22,24-26H2,1-2H3,(H,37,41)/t33-/m1/s1. The Balaban J connectivity index is 1.78. The summed E-state index contributed by atoms with van der Waals surface area (Å²) in [6, 6.07) is 30.7. The molecule has 0 aromatic heterocycles. The van der Waals surface area contributed by atoms with Gasteiger partial charge >= 0.3 is 0 Å². The minimum atomic E-state index is -4.13. The fourth-order valence-electron chi connectivity index (χ4n) is 4.85. The molecule has 0 aliphatic carbocycles. The van der Waals surface area contributed by atoms with Crippen LogP contribution in [0.5, 0.6) is 0 Å². The summed E-state index contributed by atoms with van der Waals surface area (Å²) >= 11 is 6.30. The summed E-state index contributed by atoms with van der Waals surface area (Å²) in [5.74, 6) is -0.817. The van der Waals surface area contributed by atoms with Crippen LogP contribution in [0, 0.1) is 6.92 Å². The van der Waals surface area contributed by atoms with E-state index < -0.39 is 28.5 Å². The molecule has 0 spiro atoms. The molecule has 0 fully saturated rings. The van der Waals surface area contributed by atoms with Crippen LogP contribution in [0.15, 0.2) is 114 Å². The van der Waals surface area contributed by atoms with Gasteiger partial charge in [0.05, 0.1) is 10.6 Å². The van der Waals surface area contributed by atoms with E-state index in [1.165, 1.54) is 17.0 Å². The first-order chi connectivity index (χ1) is 21.2. The lowest BCUT2D eigenvalue weighted by Gasteiger charge is -2.34. The number of carbonyl (C=O) groups is 2. The molecule has 44 heavy (non-hydrogen) atoms. The Morgan fingerprint density at radius 3 is 2.11 bits per heavy atom. The minimum absolute atomic E-state index is 0.0607. The summed E-state index contributed by atoms with van der Waals surface area (Å²) in [6.07, 6.45) is 1.95. The van der Waals surface area contributed by atoms with E-state index in [1.807, 2.05) is 50.2 Å². The van der Waals surface area contributed by atoms with Crippen LogP contribution in [-0.2, 0) is 32.6 Å².